The van der Waals surface area contributed by atoms with Crippen molar-refractivity contribution >= 4 is 31.6 Å². The Morgan fingerprint density at radius 2 is 1.53 bits per heavy atom. The zero-order chi connectivity index (χ0) is 13.7. The van der Waals surface area contributed by atoms with E-state index in [9.17, 15) is 8.42 Å². The molecule has 0 fully saturated rings. The molecule has 100 valence electrons. The fraction of sp³-hybridized carbons (Fsp3) is 0.0769. The van der Waals surface area contributed by atoms with Crippen molar-refractivity contribution in [1.29, 1.82) is 0 Å². The number of hydrogen-bond donors (Lipinski definition) is 1. The molecule has 0 amide bonds. The zero-order valence-corrected chi connectivity index (χ0v) is 12.3. The van der Waals surface area contributed by atoms with Crippen LogP contribution in [0.5, 0.6) is 11.5 Å². The van der Waals surface area contributed by atoms with Crippen LogP contribution in [-0.4, -0.2) is 13.1 Å². The summed E-state index contributed by atoms with van der Waals surface area (Å²) in [5.74, 6) is 1.38. The average Bonchev–Trinajstić information content (AvgIpc) is 2.42. The van der Waals surface area contributed by atoms with Crippen LogP contribution in [0, 0.1) is 0 Å². The molecule has 0 saturated carbocycles. The number of anilines is 1. The molecule has 0 spiro atoms. The summed E-state index contributed by atoms with van der Waals surface area (Å²) in [7, 11) is -3.32. The number of ether oxygens (including phenoxy) is 1. The first kappa shape index (κ1) is 13.9. The highest BCUT2D eigenvalue weighted by molar-refractivity contribution is 9.10. The number of sulfonamides is 1. The minimum Gasteiger partial charge on any atom is -0.457 e. The number of benzene rings is 2. The summed E-state index contributed by atoms with van der Waals surface area (Å²) >= 11 is 2.91. The van der Waals surface area contributed by atoms with Crippen LogP contribution >= 0.6 is 15.9 Å². The van der Waals surface area contributed by atoms with E-state index in [-0.39, 0.29) is 4.66 Å². The van der Waals surface area contributed by atoms with Gasteiger partial charge in [0.25, 0.3) is 0 Å². The van der Waals surface area contributed by atoms with Gasteiger partial charge in [0.05, 0.1) is 0 Å². The third-order valence-electron chi connectivity index (χ3n) is 2.25. The molecule has 0 radical (unpaired) electrons. The molecule has 0 aliphatic carbocycles. The third kappa shape index (κ3) is 4.25. The second kappa shape index (κ2) is 6.08. The summed E-state index contributed by atoms with van der Waals surface area (Å²) in [5.41, 5.74) is 0.500. The summed E-state index contributed by atoms with van der Waals surface area (Å²) in [5, 5.41) is 0. The Labute approximate surface area is 120 Å². The maximum atomic E-state index is 11.4. The van der Waals surface area contributed by atoms with Crippen molar-refractivity contribution in [3.05, 3.63) is 54.6 Å². The molecule has 6 heteroatoms. The molecular formula is C13H12BrNO3S. The summed E-state index contributed by atoms with van der Waals surface area (Å²) < 4.78 is 30.6. The Hall–Kier alpha value is -1.53. The van der Waals surface area contributed by atoms with Gasteiger partial charge < -0.3 is 4.74 Å². The molecule has 0 aliphatic rings. The molecule has 2 rings (SSSR count). The lowest BCUT2D eigenvalue weighted by molar-refractivity contribution is 0.483. The van der Waals surface area contributed by atoms with E-state index in [1.165, 1.54) is 0 Å². The lowest BCUT2D eigenvalue weighted by Gasteiger charge is -2.08. The quantitative estimate of drug-likeness (QED) is 0.845. The van der Waals surface area contributed by atoms with Crippen molar-refractivity contribution in [2.24, 2.45) is 0 Å². The topological polar surface area (TPSA) is 55.4 Å². The second-order valence-corrected chi connectivity index (χ2v) is 6.79. The van der Waals surface area contributed by atoms with E-state index in [0.29, 0.717) is 11.4 Å². The van der Waals surface area contributed by atoms with Crippen molar-refractivity contribution in [2.75, 3.05) is 9.38 Å². The summed E-state index contributed by atoms with van der Waals surface area (Å²) in [6.07, 6.45) is 0. The Morgan fingerprint density at radius 1 is 0.947 bits per heavy atom. The van der Waals surface area contributed by atoms with Gasteiger partial charge in [0, 0.05) is 5.69 Å². The fourth-order valence-corrected chi connectivity index (χ4v) is 2.32. The van der Waals surface area contributed by atoms with Crippen molar-refractivity contribution in [2.45, 2.75) is 0 Å². The van der Waals surface area contributed by atoms with Crippen LogP contribution in [0.2, 0.25) is 0 Å². The highest BCUT2D eigenvalue weighted by Crippen LogP contribution is 2.23. The minimum absolute atomic E-state index is 0.137. The Balaban J connectivity index is 2.07. The van der Waals surface area contributed by atoms with Crippen LogP contribution in [0.4, 0.5) is 5.69 Å². The van der Waals surface area contributed by atoms with Gasteiger partial charge in [-0.15, -0.1) is 0 Å². The van der Waals surface area contributed by atoms with E-state index < -0.39 is 10.0 Å². The number of halogens is 1. The number of nitrogens with one attached hydrogen (secondary N) is 1. The third-order valence-corrected chi connectivity index (χ3v) is 4.89. The van der Waals surface area contributed by atoms with Gasteiger partial charge in [-0.05, 0) is 36.4 Å². The maximum Gasteiger partial charge on any atom is 0.242 e. The molecule has 0 unspecified atom stereocenters. The predicted octanol–water partition coefficient (Wildman–Crippen LogP) is 3.57. The SMILES string of the molecule is O=S(=O)(CBr)Nc1ccc(Oc2ccccc2)cc1. The molecule has 2 aromatic rings. The van der Waals surface area contributed by atoms with E-state index in [1.807, 2.05) is 30.3 Å². The smallest absolute Gasteiger partial charge is 0.242 e. The standard InChI is InChI=1S/C13H12BrNO3S/c14-10-19(16,17)15-11-6-8-13(9-7-11)18-12-4-2-1-3-5-12/h1-9,15H,10H2. The van der Waals surface area contributed by atoms with Crippen LogP contribution in [-0.2, 0) is 10.0 Å². The molecule has 0 heterocycles. The second-order valence-electron chi connectivity index (χ2n) is 3.77. The number of rotatable bonds is 5. The van der Waals surface area contributed by atoms with Crippen LogP contribution in [0.15, 0.2) is 54.6 Å². The van der Waals surface area contributed by atoms with Crippen molar-refractivity contribution in [1.82, 2.24) is 0 Å². The molecule has 0 saturated heterocycles. The van der Waals surface area contributed by atoms with Crippen LogP contribution in [0.3, 0.4) is 0 Å². The fourth-order valence-electron chi connectivity index (χ4n) is 1.42. The lowest BCUT2D eigenvalue weighted by Crippen LogP contribution is -2.12. The van der Waals surface area contributed by atoms with Crippen molar-refractivity contribution < 1.29 is 13.2 Å². The molecule has 4 nitrogen and oxygen atoms in total. The van der Waals surface area contributed by atoms with E-state index in [1.54, 1.807) is 24.3 Å². The van der Waals surface area contributed by atoms with Gasteiger partial charge in [-0.25, -0.2) is 8.42 Å². The van der Waals surface area contributed by atoms with Gasteiger partial charge in [0.15, 0.2) is 0 Å². The number of hydrogen-bond acceptors (Lipinski definition) is 3. The molecular weight excluding hydrogens is 330 g/mol. The van der Waals surface area contributed by atoms with E-state index in [2.05, 4.69) is 20.7 Å². The van der Waals surface area contributed by atoms with E-state index in [0.717, 1.165) is 5.75 Å². The van der Waals surface area contributed by atoms with Gasteiger partial charge in [-0.1, -0.05) is 34.1 Å². The van der Waals surface area contributed by atoms with E-state index >= 15 is 0 Å². The highest BCUT2D eigenvalue weighted by Gasteiger charge is 2.07. The summed E-state index contributed by atoms with van der Waals surface area (Å²) in [6.45, 7) is 0. The molecule has 0 bridgehead atoms. The average molecular weight is 342 g/mol. The first-order chi connectivity index (χ1) is 9.09. The largest absolute Gasteiger partial charge is 0.457 e. The highest BCUT2D eigenvalue weighted by atomic mass is 79.9. The molecule has 1 N–H and O–H groups in total. The Bertz CT molecular complexity index is 627. The Morgan fingerprint density at radius 3 is 2.11 bits per heavy atom. The monoisotopic (exact) mass is 341 g/mol. The van der Waals surface area contributed by atoms with Gasteiger partial charge in [-0.2, -0.15) is 0 Å². The van der Waals surface area contributed by atoms with Crippen LogP contribution < -0.4 is 9.46 Å². The van der Waals surface area contributed by atoms with Gasteiger partial charge in [0.1, 0.15) is 16.2 Å². The van der Waals surface area contributed by atoms with Crippen molar-refractivity contribution in [3.63, 3.8) is 0 Å². The maximum absolute atomic E-state index is 11.4. The normalized spacial score (nSPS) is 11.0. The first-order valence-electron chi connectivity index (χ1n) is 5.48. The molecule has 0 aromatic heterocycles. The predicted molar refractivity (Wildman–Crippen MR) is 79.3 cm³/mol. The molecule has 2 aromatic carbocycles. The van der Waals surface area contributed by atoms with Gasteiger partial charge in [-0.3, -0.25) is 4.72 Å². The lowest BCUT2D eigenvalue weighted by atomic mass is 10.3. The Kier molecular flexibility index (Phi) is 4.44. The van der Waals surface area contributed by atoms with Crippen LogP contribution in [0.1, 0.15) is 0 Å². The summed E-state index contributed by atoms with van der Waals surface area (Å²) in [6, 6.07) is 16.1. The van der Waals surface area contributed by atoms with Gasteiger partial charge >= 0.3 is 0 Å². The van der Waals surface area contributed by atoms with Gasteiger partial charge in [0.2, 0.25) is 10.0 Å². The number of alkyl halides is 1. The summed E-state index contributed by atoms with van der Waals surface area (Å²) in [4.78, 5) is 0. The molecule has 0 atom stereocenters. The first-order valence-corrected chi connectivity index (χ1v) is 8.26. The number of para-hydroxylation sites is 1. The van der Waals surface area contributed by atoms with E-state index in [4.69, 9.17) is 4.74 Å². The zero-order valence-electron chi connectivity index (χ0n) is 9.91. The minimum atomic E-state index is -3.32. The van der Waals surface area contributed by atoms with Crippen molar-refractivity contribution in [3.8, 4) is 11.5 Å². The molecule has 19 heavy (non-hydrogen) atoms. The van der Waals surface area contributed by atoms with Crippen LogP contribution in [0.25, 0.3) is 0 Å². The molecule has 0 aliphatic heterocycles.